The van der Waals surface area contributed by atoms with Crippen LogP contribution in [0.4, 0.5) is 11.5 Å². The summed E-state index contributed by atoms with van der Waals surface area (Å²) >= 11 is 5.79. The molecule has 100 valence electrons. The molecule has 7 heteroatoms. The van der Waals surface area contributed by atoms with Gasteiger partial charge in [-0.2, -0.15) is 4.98 Å². The fourth-order valence-electron chi connectivity index (χ4n) is 1.76. The first-order valence-corrected chi connectivity index (χ1v) is 6.18. The Bertz CT molecular complexity index is 451. The van der Waals surface area contributed by atoms with Crippen molar-refractivity contribution in [3.8, 4) is 0 Å². The maximum atomic E-state index is 11.1. The summed E-state index contributed by atoms with van der Waals surface area (Å²) in [6.45, 7) is 8.90. The minimum absolute atomic E-state index is 0.0373. The van der Waals surface area contributed by atoms with E-state index in [2.05, 4.69) is 9.97 Å². The molecule has 0 aromatic carbocycles. The molecule has 0 aliphatic carbocycles. The molecule has 0 atom stereocenters. The van der Waals surface area contributed by atoms with Gasteiger partial charge in [0.2, 0.25) is 11.1 Å². The molecular formula is C11H17ClN4O2. The highest BCUT2D eigenvalue weighted by Gasteiger charge is 2.25. The summed E-state index contributed by atoms with van der Waals surface area (Å²) in [4.78, 5) is 20.4. The maximum absolute atomic E-state index is 11.1. The third-order valence-corrected chi connectivity index (χ3v) is 2.63. The van der Waals surface area contributed by atoms with Crippen molar-refractivity contribution in [3.05, 3.63) is 21.1 Å². The van der Waals surface area contributed by atoms with Gasteiger partial charge in [-0.1, -0.05) is 13.8 Å². The van der Waals surface area contributed by atoms with Gasteiger partial charge in [0.25, 0.3) is 0 Å². The lowest BCUT2D eigenvalue weighted by Crippen LogP contribution is -2.29. The fraction of sp³-hybridized carbons (Fsp3) is 0.636. The van der Waals surface area contributed by atoms with Crippen molar-refractivity contribution in [2.75, 3.05) is 18.0 Å². The van der Waals surface area contributed by atoms with E-state index in [1.54, 1.807) is 6.92 Å². The third kappa shape index (κ3) is 3.29. The van der Waals surface area contributed by atoms with Gasteiger partial charge >= 0.3 is 5.69 Å². The van der Waals surface area contributed by atoms with Crippen molar-refractivity contribution in [1.82, 2.24) is 9.97 Å². The van der Waals surface area contributed by atoms with Crippen molar-refractivity contribution in [3.63, 3.8) is 0 Å². The lowest BCUT2D eigenvalue weighted by atomic mass is 10.2. The van der Waals surface area contributed by atoms with Crippen molar-refractivity contribution >= 4 is 23.1 Å². The van der Waals surface area contributed by atoms with Gasteiger partial charge in [0, 0.05) is 13.1 Å². The highest BCUT2D eigenvalue weighted by molar-refractivity contribution is 6.28. The number of nitro groups is 1. The molecule has 0 fully saturated rings. The van der Waals surface area contributed by atoms with Crippen LogP contribution in [0.15, 0.2) is 0 Å². The zero-order chi connectivity index (χ0) is 13.9. The second-order valence-corrected chi connectivity index (χ2v) is 4.78. The number of halogens is 1. The van der Waals surface area contributed by atoms with E-state index in [1.807, 2.05) is 25.7 Å². The highest BCUT2D eigenvalue weighted by Crippen LogP contribution is 2.30. The Labute approximate surface area is 111 Å². The van der Waals surface area contributed by atoms with Crippen LogP contribution in [-0.4, -0.2) is 28.0 Å². The topological polar surface area (TPSA) is 72.2 Å². The summed E-state index contributed by atoms with van der Waals surface area (Å²) in [6.07, 6.45) is 0. The van der Waals surface area contributed by atoms with Gasteiger partial charge in [-0.3, -0.25) is 10.1 Å². The van der Waals surface area contributed by atoms with Gasteiger partial charge in [-0.15, -0.1) is 0 Å². The molecule has 0 spiro atoms. The minimum Gasteiger partial charge on any atom is -0.351 e. The van der Waals surface area contributed by atoms with E-state index >= 15 is 0 Å². The molecule has 0 aliphatic rings. The summed E-state index contributed by atoms with van der Waals surface area (Å²) in [5.74, 6) is 0.673. The van der Waals surface area contributed by atoms with E-state index in [9.17, 15) is 10.1 Å². The average molecular weight is 273 g/mol. The van der Waals surface area contributed by atoms with Gasteiger partial charge in [-0.25, -0.2) is 4.98 Å². The molecule has 0 unspecified atom stereocenters. The van der Waals surface area contributed by atoms with Crippen LogP contribution < -0.4 is 4.90 Å². The van der Waals surface area contributed by atoms with Gasteiger partial charge in [0.05, 0.1) is 4.92 Å². The first-order valence-electron chi connectivity index (χ1n) is 5.80. The number of rotatable bonds is 5. The number of hydrogen-bond acceptors (Lipinski definition) is 5. The maximum Gasteiger partial charge on any atom is 0.332 e. The first-order chi connectivity index (χ1) is 8.36. The molecule has 0 bridgehead atoms. The Kier molecular flexibility index (Phi) is 4.84. The molecule has 0 N–H and O–H groups in total. The first kappa shape index (κ1) is 14.6. The standard InChI is InChI=1S/C11H17ClN4O2/c1-5-15(6-7(2)3)10-9(16(17)18)8(4)13-11(12)14-10/h7H,5-6H2,1-4H3. The fourth-order valence-corrected chi connectivity index (χ4v) is 1.97. The molecule has 1 rings (SSSR count). The summed E-state index contributed by atoms with van der Waals surface area (Å²) in [6, 6.07) is 0. The van der Waals surface area contributed by atoms with E-state index in [0.29, 0.717) is 24.8 Å². The number of aryl methyl sites for hydroxylation is 1. The third-order valence-electron chi connectivity index (χ3n) is 2.46. The highest BCUT2D eigenvalue weighted by atomic mass is 35.5. The van der Waals surface area contributed by atoms with Crippen molar-refractivity contribution in [2.45, 2.75) is 27.7 Å². The summed E-state index contributed by atoms with van der Waals surface area (Å²) in [5.41, 5.74) is 0.221. The van der Waals surface area contributed by atoms with Gasteiger partial charge in [-0.05, 0) is 31.4 Å². The summed E-state index contributed by atoms with van der Waals surface area (Å²) < 4.78 is 0. The monoisotopic (exact) mass is 272 g/mol. The second-order valence-electron chi connectivity index (χ2n) is 4.44. The Morgan fingerprint density at radius 1 is 1.44 bits per heavy atom. The van der Waals surface area contributed by atoms with E-state index < -0.39 is 4.92 Å². The molecule has 0 radical (unpaired) electrons. The molecule has 0 saturated carbocycles. The Morgan fingerprint density at radius 2 is 2.06 bits per heavy atom. The molecule has 0 aliphatic heterocycles. The normalized spacial score (nSPS) is 10.8. The van der Waals surface area contributed by atoms with Crippen LogP contribution in [0, 0.1) is 23.0 Å². The predicted molar refractivity (Wildman–Crippen MR) is 71.2 cm³/mol. The molecule has 6 nitrogen and oxygen atoms in total. The molecule has 0 saturated heterocycles. The Hall–Kier alpha value is -1.43. The molecule has 1 heterocycles. The molecule has 0 amide bonds. The smallest absolute Gasteiger partial charge is 0.332 e. The van der Waals surface area contributed by atoms with E-state index in [4.69, 9.17) is 11.6 Å². The van der Waals surface area contributed by atoms with E-state index in [1.165, 1.54) is 0 Å². The molecular weight excluding hydrogens is 256 g/mol. The zero-order valence-corrected chi connectivity index (χ0v) is 11.7. The van der Waals surface area contributed by atoms with Crippen molar-refractivity contribution < 1.29 is 4.92 Å². The zero-order valence-electron chi connectivity index (χ0n) is 11.0. The van der Waals surface area contributed by atoms with Crippen molar-refractivity contribution in [1.29, 1.82) is 0 Å². The summed E-state index contributed by atoms with van der Waals surface area (Å²) in [7, 11) is 0. The van der Waals surface area contributed by atoms with Crippen LogP contribution in [0.3, 0.4) is 0 Å². The Morgan fingerprint density at radius 3 is 2.50 bits per heavy atom. The molecule has 1 aromatic rings. The lowest BCUT2D eigenvalue weighted by Gasteiger charge is -2.23. The average Bonchev–Trinajstić information content (AvgIpc) is 2.23. The van der Waals surface area contributed by atoms with Gasteiger partial charge in [0.15, 0.2) is 0 Å². The lowest BCUT2D eigenvalue weighted by molar-refractivity contribution is -0.385. The van der Waals surface area contributed by atoms with Crippen LogP contribution in [0.1, 0.15) is 26.5 Å². The number of nitrogens with zero attached hydrogens (tertiary/aromatic N) is 4. The van der Waals surface area contributed by atoms with Crippen LogP contribution in [0.25, 0.3) is 0 Å². The number of aromatic nitrogens is 2. The van der Waals surface area contributed by atoms with Crippen LogP contribution in [0.5, 0.6) is 0 Å². The van der Waals surface area contributed by atoms with Crippen LogP contribution in [-0.2, 0) is 0 Å². The van der Waals surface area contributed by atoms with E-state index in [-0.39, 0.29) is 16.7 Å². The van der Waals surface area contributed by atoms with Crippen LogP contribution >= 0.6 is 11.6 Å². The van der Waals surface area contributed by atoms with Gasteiger partial charge in [0.1, 0.15) is 5.69 Å². The van der Waals surface area contributed by atoms with Gasteiger partial charge < -0.3 is 4.90 Å². The second kappa shape index (κ2) is 5.95. The van der Waals surface area contributed by atoms with E-state index in [0.717, 1.165) is 0 Å². The summed E-state index contributed by atoms with van der Waals surface area (Å²) in [5, 5.41) is 11.2. The SMILES string of the molecule is CCN(CC(C)C)c1nc(Cl)nc(C)c1[N+](=O)[O-]. The number of anilines is 1. The van der Waals surface area contributed by atoms with Crippen LogP contribution in [0.2, 0.25) is 5.28 Å². The molecule has 18 heavy (non-hydrogen) atoms. The minimum atomic E-state index is -0.454. The predicted octanol–water partition coefficient (Wildman–Crippen LogP) is 2.83. The quantitative estimate of drug-likeness (QED) is 0.468. The largest absolute Gasteiger partial charge is 0.351 e. The molecule has 1 aromatic heterocycles. The van der Waals surface area contributed by atoms with Crippen molar-refractivity contribution in [2.24, 2.45) is 5.92 Å². The Balaban J connectivity index is 3.31. The number of hydrogen-bond donors (Lipinski definition) is 0.